The number of nitrogens with zero attached hydrogens (tertiary/aromatic N) is 1. The highest BCUT2D eigenvalue weighted by atomic mass is 16.4. The molecule has 13 heavy (non-hydrogen) atoms. The molecule has 0 spiro atoms. The van der Waals surface area contributed by atoms with Gasteiger partial charge in [-0.05, 0) is 30.5 Å². The van der Waals surface area contributed by atoms with Crippen LogP contribution in [0.25, 0.3) is 0 Å². The third kappa shape index (κ3) is 1.54. The van der Waals surface area contributed by atoms with Crippen LogP contribution in [-0.2, 0) is 10.2 Å². The van der Waals surface area contributed by atoms with Gasteiger partial charge < -0.3 is 5.11 Å². The zero-order chi connectivity index (χ0) is 9.31. The zero-order valence-corrected chi connectivity index (χ0v) is 7.23. The summed E-state index contributed by atoms with van der Waals surface area (Å²) in [5.41, 5.74) is 1.04. The Morgan fingerprint density at radius 1 is 1.46 bits per heavy atom. The summed E-state index contributed by atoms with van der Waals surface area (Å²) in [4.78, 5) is 14.5. The average Bonchev–Trinajstić information content (AvgIpc) is 2.86. The van der Waals surface area contributed by atoms with Gasteiger partial charge in [-0.1, -0.05) is 0 Å². The molecule has 68 valence electrons. The Morgan fingerprint density at radius 2 is 2.08 bits per heavy atom. The van der Waals surface area contributed by atoms with Gasteiger partial charge >= 0.3 is 5.97 Å². The Morgan fingerprint density at radius 3 is 2.54 bits per heavy atom. The van der Waals surface area contributed by atoms with Gasteiger partial charge in [-0.15, -0.1) is 0 Å². The molecule has 1 aromatic heterocycles. The van der Waals surface area contributed by atoms with Crippen molar-refractivity contribution in [1.82, 2.24) is 4.98 Å². The van der Waals surface area contributed by atoms with E-state index in [1.54, 1.807) is 12.4 Å². The first-order valence-electron chi connectivity index (χ1n) is 4.35. The predicted molar refractivity (Wildman–Crippen MR) is 47.4 cm³/mol. The second-order valence-corrected chi connectivity index (χ2v) is 3.59. The molecule has 0 amide bonds. The average molecular weight is 177 g/mol. The SMILES string of the molecule is O=C(O)CC1(c2ccncc2)CC1. The van der Waals surface area contributed by atoms with Gasteiger partial charge in [-0.3, -0.25) is 9.78 Å². The molecule has 1 heterocycles. The van der Waals surface area contributed by atoms with Crippen molar-refractivity contribution in [3.05, 3.63) is 30.1 Å². The van der Waals surface area contributed by atoms with Gasteiger partial charge in [0, 0.05) is 17.8 Å². The molecule has 0 atom stereocenters. The molecule has 0 aromatic carbocycles. The predicted octanol–water partition coefficient (Wildman–Crippen LogP) is 1.59. The largest absolute Gasteiger partial charge is 0.481 e. The Bertz CT molecular complexity index is 317. The Kier molecular flexibility index (Phi) is 1.79. The van der Waals surface area contributed by atoms with Crippen LogP contribution in [0.4, 0.5) is 0 Å². The number of carboxylic acids is 1. The molecule has 0 radical (unpaired) electrons. The second kappa shape index (κ2) is 2.83. The second-order valence-electron chi connectivity index (χ2n) is 3.59. The van der Waals surface area contributed by atoms with Crippen molar-refractivity contribution >= 4 is 5.97 Å². The lowest BCUT2D eigenvalue weighted by Gasteiger charge is -2.11. The van der Waals surface area contributed by atoms with Crippen molar-refractivity contribution < 1.29 is 9.90 Å². The number of hydrogen-bond acceptors (Lipinski definition) is 2. The Labute approximate surface area is 76.4 Å². The van der Waals surface area contributed by atoms with Crippen LogP contribution in [0, 0.1) is 0 Å². The molecule has 0 saturated heterocycles. The Balaban J connectivity index is 2.21. The molecule has 0 aliphatic heterocycles. The smallest absolute Gasteiger partial charge is 0.304 e. The third-order valence-corrected chi connectivity index (χ3v) is 2.64. The summed E-state index contributed by atoms with van der Waals surface area (Å²) in [5.74, 6) is -0.714. The number of aromatic nitrogens is 1. The number of carbonyl (C=O) groups is 1. The van der Waals surface area contributed by atoms with E-state index in [9.17, 15) is 4.79 Å². The van der Waals surface area contributed by atoms with Crippen LogP contribution < -0.4 is 0 Å². The molecule has 3 heteroatoms. The molecule has 1 saturated carbocycles. The summed E-state index contributed by atoms with van der Waals surface area (Å²) in [5, 5.41) is 8.73. The number of rotatable bonds is 3. The summed E-state index contributed by atoms with van der Waals surface area (Å²) in [6.07, 6.45) is 5.66. The maximum atomic E-state index is 10.6. The third-order valence-electron chi connectivity index (χ3n) is 2.64. The molecule has 1 fully saturated rings. The van der Waals surface area contributed by atoms with Gasteiger partial charge in [-0.2, -0.15) is 0 Å². The fourth-order valence-corrected chi connectivity index (χ4v) is 1.71. The van der Waals surface area contributed by atoms with E-state index in [4.69, 9.17) is 5.11 Å². The van der Waals surface area contributed by atoms with Crippen molar-refractivity contribution in [2.45, 2.75) is 24.7 Å². The van der Waals surface area contributed by atoms with Crippen LogP contribution in [0.1, 0.15) is 24.8 Å². The van der Waals surface area contributed by atoms with Crippen molar-refractivity contribution in [3.63, 3.8) is 0 Å². The van der Waals surface area contributed by atoms with Gasteiger partial charge in [0.2, 0.25) is 0 Å². The maximum Gasteiger partial charge on any atom is 0.304 e. The highest BCUT2D eigenvalue weighted by Gasteiger charge is 2.45. The Hall–Kier alpha value is -1.38. The molecule has 1 aliphatic carbocycles. The first-order chi connectivity index (χ1) is 6.23. The molecule has 3 nitrogen and oxygen atoms in total. The fraction of sp³-hybridized carbons (Fsp3) is 0.400. The minimum Gasteiger partial charge on any atom is -0.481 e. The van der Waals surface area contributed by atoms with Crippen molar-refractivity contribution in [3.8, 4) is 0 Å². The van der Waals surface area contributed by atoms with E-state index in [-0.39, 0.29) is 11.8 Å². The van der Waals surface area contributed by atoms with Gasteiger partial charge in [0.1, 0.15) is 0 Å². The van der Waals surface area contributed by atoms with Crippen LogP contribution in [0.3, 0.4) is 0 Å². The minimum absolute atomic E-state index is 0.0746. The molecule has 1 aliphatic rings. The molecular formula is C10H11NO2. The molecule has 2 rings (SSSR count). The lowest BCUT2D eigenvalue weighted by molar-refractivity contribution is -0.137. The van der Waals surface area contributed by atoms with Crippen LogP contribution in [0.5, 0.6) is 0 Å². The highest BCUT2D eigenvalue weighted by molar-refractivity contribution is 5.70. The summed E-state index contributed by atoms with van der Waals surface area (Å²) >= 11 is 0. The lowest BCUT2D eigenvalue weighted by Crippen LogP contribution is -2.12. The standard InChI is InChI=1S/C10H11NO2/c12-9(13)7-10(3-4-10)8-1-5-11-6-2-8/h1-2,5-6H,3-4,7H2,(H,12,13). The van der Waals surface area contributed by atoms with Gasteiger partial charge in [-0.25, -0.2) is 0 Å². The first-order valence-corrected chi connectivity index (χ1v) is 4.35. The van der Waals surface area contributed by atoms with Crippen molar-refractivity contribution in [2.24, 2.45) is 0 Å². The quantitative estimate of drug-likeness (QED) is 0.762. The van der Waals surface area contributed by atoms with Crippen LogP contribution in [-0.4, -0.2) is 16.1 Å². The molecule has 0 bridgehead atoms. The highest BCUT2D eigenvalue weighted by Crippen LogP contribution is 2.50. The number of carboxylic acid groups (broad SMARTS) is 1. The normalized spacial score (nSPS) is 18.2. The molecule has 1 aromatic rings. The molecule has 1 N–H and O–H groups in total. The minimum atomic E-state index is -0.714. The number of aliphatic carboxylic acids is 1. The van der Waals surface area contributed by atoms with E-state index in [0.717, 1.165) is 18.4 Å². The van der Waals surface area contributed by atoms with Crippen LogP contribution in [0.2, 0.25) is 0 Å². The van der Waals surface area contributed by atoms with E-state index in [2.05, 4.69) is 4.98 Å². The molecular weight excluding hydrogens is 166 g/mol. The van der Waals surface area contributed by atoms with Crippen molar-refractivity contribution in [1.29, 1.82) is 0 Å². The van der Waals surface area contributed by atoms with E-state index in [1.807, 2.05) is 12.1 Å². The van der Waals surface area contributed by atoms with E-state index in [0.29, 0.717) is 0 Å². The van der Waals surface area contributed by atoms with Gasteiger partial charge in [0.05, 0.1) is 6.42 Å². The van der Waals surface area contributed by atoms with Crippen LogP contribution in [0.15, 0.2) is 24.5 Å². The zero-order valence-electron chi connectivity index (χ0n) is 7.23. The van der Waals surface area contributed by atoms with Crippen molar-refractivity contribution in [2.75, 3.05) is 0 Å². The fourth-order valence-electron chi connectivity index (χ4n) is 1.71. The van der Waals surface area contributed by atoms with Gasteiger partial charge in [0.15, 0.2) is 0 Å². The summed E-state index contributed by atoms with van der Waals surface area (Å²) in [6, 6.07) is 3.83. The monoisotopic (exact) mass is 177 g/mol. The van der Waals surface area contributed by atoms with E-state index >= 15 is 0 Å². The van der Waals surface area contributed by atoms with Crippen LogP contribution >= 0.6 is 0 Å². The molecule has 0 unspecified atom stereocenters. The first kappa shape index (κ1) is 8.23. The lowest BCUT2D eigenvalue weighted by atomic mass is 9.93. The number of hydrogen-bond donors (Lipinski definition) is 1. The summed E-state index contributed by atoms with van der Waals surface area (Å²) < 4.78 is 0. The van der Waals surface area contributed by atoms with E-state index < -0.39 is 5.97 Å². The number of pyridine rings is 1. The topological polar surface area (TPSA) is 50.2 Å². The maximum absolute atomic E-state index is 10.6. The summed E-state index contributed by atoms with van der Waals surface area (Å²) in [7, 11) is 0. The van der Waals surface area contributed by atoms with E-state index in [1.165, 1.54) is 0 Å². The van der Waals surface area contributed by atoms with Gasteiger partial charge in [0.25, 0.3) is 0 Å². The summed E-state index contributed by atoms with van der Waals surface area (Å²) in [6.45, 7) is 0.